The Balaban J connectivity index is 1.97. The fourth-order valence-electron chi connectivity index (χ4n) is 2.48. The number of carbonyl (C=O) groups is 1. The van der Waals surface area contributed by atoms with Gasteiger partial charge < -0.3 is 4.90 Å². The minimum Gasteiger partial charge on any atom is -0.342 e. The lowest BCUT2D eigenvalue weighted by atomic mass is 10.2. The zero-order valence-electron chi connectivity index (χ0n) is 11.9. The Labute approximate surface area is 120 Å². The molecule has 0 aliphatic carbocycles. The second-order valence-corrected chi connectivity index (χ2v) is 6.65. The minimum atomic E-state index is 0.0131. The highest BCUT2D eigenvalue weighted by Gasteiger charge is 2.22. The summed E-state index contributed by atoms with van der Waals surface area (Å²) in [5.74, 6) is 0.301. The Bertz CT molecular complexity index is 425. The molecule has 19 heavy (non-hydrogen) atoms. The topological polar surface area (TPSA) is 20.3 Å². The summed E-state index contributed by atoms with van der Waals surface area (Å²) in [5.41, 5.74) is 1.25. The van der Waals surface area contributed by atoms with E-state index in [0.29, 0.717) is 5.91 Å². The van der Waals surface area contributed by atoms with Gasteiger partial charge in [0.05, 0.1) is 5.25 Å². The Kier molecular flexibility index (Phi) is 5.32. The van der Waals surface area contributed by atoms with Crippen molar-refractivity contribution < 1.29 is 4.79 Å². The maximum absolute atomic E-state index is 12.5. The third kappa shape index (κ3) is 4.00. The molecule has 1 saturated heterocycles. The van der Waals surface area contributed by atoms with Gasteiger partial charge in [0, 0.05) is 18.0 Å². The summed E-state index contributed by atoms with van der Waals surface area (Å²) in [5, 5.41) is 0.0131. The molecule has 104 valence electrons. The monoisotopic (exact) mass is 277 g/mol. The third-order valence-corrected chi connectivity index (χ3v) is 4.93. The van der Waals surface area contributed by atoms with Gasteiger partial charge in [-0.05, 0) is 38.3 Å². The molecular weight excluding hydrogens is 254 g/mol. The van der Waals surface area contributed by atoms with E-state index in [-0.39, 0.29) is 5.25 Å². The Hall–Kier alpha value is -0.960. The summed E-state index contributed by atoms with van der Waals surface area (Å²) in [7, 11) is 0. The summed E-state index contributed by atoms with van der Waals surface area (Å²) in [4.78, 5) is 15.8. The first-order valence-electron chi connectivity index (χ1n) is 7.19. The molecule has 2 nitrogen and oxygen atoms in total. The predicted octanol–water partition coefficient (Wildman–Crippen LogP) is 3.88. The van der Waals surface area contributed by atoms with E-state index in [1.165, 1.54) is 23.3 Å². The zero-order chi connectivity index (χ0) is 13.7. The van der Waals surface area contributed by atoms with Crippen LogP contribution in [0.4, 0.5) is 0 Å². The van der Waals surface area contributed by atoms with Crippen molar-refractivity contribution in [2.24, 2.45) is 0 Å². The molecule has 1 heterocycles. The van der Waals surface area contributed by atoms with E-state index in [9.17, 15) is 4.79 Å². The molecule has 1 aliphatic heterocycles. The number of hydrogen-bond donors (Lipinski definition) is 0. The van der Waals surface area contributed by atoms with Crippen LogP contribution in [-0.4, -0.2) is 29.1 Å². The largest absolute Gasteiger partial charge is 0.342 e. The van der Waals surface area contributed by atoms with Crippen LogP contribution >= 0.6 is 11.8 Å². The number of rotatable bonds is 3. The molecule has 0 aromatic heterocycles. The summed E-state index contributed by atoms with van der Waals surface area (Å²) in [6.45, 7) is 6.02. The van der Waals surface area contributed by atoms with E-state index in [0.717, 1.165) is 25.9 Å². The number of nitrogens with zero attached hydrogens (tertiary/aromatic N) is 1. The van der Waals surface area contributed by atoms with E-state index in [4.69, 9.17) is 0 Å². The van der Waals surface area contributed by atoms with E-state index in [1.54, 1.807) is 11.8 Å². The minimum absolute atomic E-state index is 0.0131. The van der Waals surface area contributed by atoms with Crippen LogP contribution in [0.1, 0.15) is 38.2 Å². The van der Waals surface area contributed by atoms with Gasteiger partial charge in [0.25, 0.3) is 0 Å². The van der Waals surface area contributed by atoms with Crippen LogP contribution in [0.5, 0.6) is 0 Å². The van der Waals surface area contributed by atoms with Crippen molar-refractivity contribution in [1.82, 2.24) is 4.90 Å². The fourth-order valence-corrected chi connectivity index (χ4v) is 3.52. The van der Waals surface area contributed by atoms with Crippen LogP contribution in [0.3, 0.4) is 0 Å². The Morgan fingerprint density at radius 3 is 2.42 bits per heavy atom. The predicted molar refractivity (Wildman–Crippen MR) is 81.5 cm³/mol. The molecule has 1 atom stereocenters. The third-order valence-electron chi connectivity index (χ3n) is 3.66. The second kappa shape index (κ2) is 6.99. The molecule has 1 fully saturated rings. The number of amides is 1. The van der Waals surface area contributed by atoms with Crippen molar-refractivity contribution in [3.05, 3.63) is 29.8 Å². The van der Waals surface area contributed by atoms with Gasteiger partial charge in [0.2, 0.25) is 5.91 Å². The van der Waals surface area contributed by atoms with Crippen molar-refractivity contribution >= 4 is 17.7 Å². The normalized spacial score (nSPS) is 17.9. The lowest BCUT2D eigenvalue weighted by Crippen LogP contribution is -2.37. The van der Waals surface area contributed by atoms with E-state index in [1.807, 2.05) is 19.1 Å². The van der Waals surface area contributed by atoms with Crippen molar-refractivity contribution in [1.29, 1.82) is 0 Å². The number of thioether (sulfide) groups is 1. The highest BCUT2D eigenvalue weighted by atomic mass is 32.2. The molecule has 1 aromatic carbocycles. The van der Waals surface area contributed by atoms with Gasteiger partial charge >= 0.3 is 0 Å². The first kappa shape index (κ1) is 14.4. The average molecular weight is 277 g/mol. The van der Waals surface area contributed by atoms with Crippen molar-refractivity contribution in [3.8, 4) is 0 Å². The van der Waals surface area contributed by atoms with Gasteiger partial charge in [-0.15, -0.1) is 11.8 Å². The average Bonchev–Trinajstić information content (AvgIpc) is 2.69. The van der Waals surface area contributed by atoms with Crippen LogP contribution in [0, 0.1) is 6.92 Å². The van der Waals surface area contributed by atoms with Gasteiger partial charge in [-0.1, -0.05) is 31.0 Å². The molecule has 1 amide bonds. The van der Waals surface area contributed by atoms with E-state index in [2.05, 4.69) is 24.0 Å². The number of aryl methyl sites for hydroxylation is 1. The molecule has 0 saturated carbocycles. The molecule has 2 rings (SSSR count). The highest BCUT2D eigenvalue weighted by molar-refractivity contribution is 8.00. The Morgan fingerprint density at radius 1 is 1.16 bits per heavy atom. The van der Waals surface area contributed by atoms with Gasteiger partial charge in [0.1, 0.15) is 0 Å². The van der Waals surface area contributed by atoms with Crippen LogP contribution < -0.4 is 0 Å². The van der Waals surface area contributed by atoms with Gasteiger partial charge in [0.15, 0.2) is 0 Å². The van der Waals surface area contributed by atoms with Crippen LogP contribution in [0.25, 0.3) is 0 Å². The number of hydrogen-bond acceptors (Lipinski definition) is 2. The number of carbonyl (C=O) groups excluding carboxylic acids is 1. The summed E-state index contributed by atoms with van der Waals surface area (Å²) >= 11 is 1.69. The highest BCUT2D eigenvalue weighted by Crippen LogP contribution is 2.27. The smallest absolute Gasteiger partial charge is 0.235 e. The van der Waals surface area contributed by atoms with E-state index < -0.39 is 0 Å². The van der Waals surface area contributed by atoms with Crippen molar-refractivity contribution in [3.63, 3.8) is 0 Å². The zero-order valence-corrected chi connectivity index (χ0v) is 12.7. The van der Waals surface area contributed by atoms with Crippen LogP contribution in [0.2, 0.25) is 0 Å². The molecule has 0 bridgehead atoms. The Morgan fingerprint density at radius 2 is 1.79 bits per heavy atom. The molecule has 1 aromatic rings. The number of likely N-dealkylation sites (tertiary alicyclic amines) is 1. The van der Waals surface area contributed by atoms with Gasteiger partial charge in [-0.25, -0.2) is 0 Å². The van der Waals surface area contributed by atoms with E-state index >= 15 is 0 Å². The summed E-state index contributed by atoms with van der Waals surface area (Å²) < 4.78 is 0. The summed E-state index contributed by atoms with van der Waals surface area (Å²) in [6, 6.07) is 8.29. The maximum Gasteiger partial charge on any atom is 0.235 e. The van der Waals surface area contributed by atoms with Crippen molar-refractivity contribution in [2.75, 3.05) is 13.1 Å². The van der Waals surface area contributed by atoms with Crippen molar-refractivity contribution in [2.45, 2.75) is 49.7 Å². The maximum atomic E-state index is 12.5. The van der Waals surface area contributed by atoms with Crippen LogP contribution in [-0.2, 0) is 4.79 Å². The summed E-state index contributed by atoms with van der Waals surface area (Å²) in [6.07, 6.45) is 4.85. The first-order valence-corrected chi connectivity index (χ1v) is 8.07. The molecule has 0 N–H and O–H groups in total. The molecule has 0 spiro atoms. The molecular formula is C16H23NOS. The molecule has 3 heteroatoms. The van der Waals surface area contributed by atoms with Crippen LogP contribution in [0.15, 0.2) is 29.2 Å². The quantitative estimate of drug-likeness (QED) is 0.782. The number of benzene rings is 1. The van der Waals surface area contributed by atoms with Gasteiger partial charge in [-0.3, -0.25) is 4.79 Å². The SMILES string of the molecule is Cc1ccccc1SC(C)C(=O)N1CCCCCC1. The standard InChI is InChI=1S/C16H23NOS/c1-13-9-5-6-10-15(13)19-14(2)16(18)17-11-7-3-4-8-12-17/h5-6,9-10,14H,3-4,7-8,11-12H2,1-2H3. The molecule has 0 radical (unpaired) electrons. The van der Waals surface area contributed by atoms with Gasteiger partial charge in [-0.2, -0.15) is 0 Å². The molecule has 1 aliphatic rings. The fraction of sp³-hybridized carbons (Fsp3) is 0.562. The second-order valence-electron chi connectivity index (χ2n) is 5.27. The lowest BCUT2D eigenvalue weighted by Gasteiger charge is -2.24. The lowest BCUT2D eigenvalue weighted by molar-refractivity contribution is -0.130. The molecule has 1 unspecified atom stereocenters. The first-order chi connectivity index (χ1) is 9.18.